The molecule has 0 amide bonds. The molecule has 0 aromatic rings. The van der Waals surface area contributed by atoms with E-state index < -0.39 is 0 Å². The molecule has 1 N–H and O–H groups in total. The molecule has 0 aliphatic heterocycles. The molecule has 0 fully saturated rings. The first kappa shape index (κ1) is 5.67. The van der Waals surface area contributed by atoms with E-state index in [1.165, 1.54) is 0 Å². The van der Waals surface area contributed by atoms with Gasteiger partial charge in [0.1, 0.15) is 0 Å². The van der Waals surface area contributed by atoms with E-state index in [2.05, 4.69) is 0 Å². The zero-order chi connectivity index (χ0) is 4.28. The first-order valence-corrected chi connectivity index (χ1v) is 2.70. The molecule has 0 bridgehead atoms. The molecule has 0 radical (unpaired) electrons. The molecule has 0 aromatic heterocycles. The second-order valence-electron chi connectivity index (χ2n) is 1.05. The quantitative estimate of drug-likeness (QED) is 0.478. The molecule has 1 nitrogen and oxygen atoms in total. The van der Waals surface area contributed by atoms with Crippen molar-refractivity contribution in [1.82, 2.24) is 0 Å². The number of aliphatic hydroxyl groups is 1. The van der Waals surface area contributed by atoms with Gasteiger partial charge in [0.25, 0.3) is 0 Å². The van der Waals surface area contributed by atoms with Gasteiger partial charge in [-0.15, -0.1) is 0 Å². The van der Waals surface area contributed by atoms with E-state index in [0.29, 0.717) is 0 Å². The van der Waals surface area contributed by atoms with Crippen LogP contribution in [0.15, 0.2) is 0 Å². The molecule has 0 aliphatic carbocycles. The molecular formula is C3H7OTi. The van der Waals surface area contributed by atoms with Crippen molar-refractivity contribution in [1.29, 1.82) is 0 Å². The molecular weight excluding hydrogens is 99.9 g/mol. The predicted octanol–water partition coefficient (Wildman–Crippen LogP) is 0.332. The van der Waals surface area contributed by atoms with Crippen LogP contribution in [0.25, 0.3) is 0 Å². The summed E-state index contributed by atoms with van der Waals surface area (Å²) < 4.78 is 0.861. The molecule has 0 aromatic carbocycles. The van der Waals surface area contributed by atoms with Crippen LogP contribution in [-0.2, 0) is 20.4 Å². The number of hydrogen-bond donors (Lipinski definition) is 1. The summed E-state index contributed by atoms with van der Waals surface area (Å²) in [6.07, 6.45) is -0.116. The third-order valence-corrected chi connectivity index (χ3v) is 1.22. The van der Waals surface area contributed by atoms with Gasteiger partial charge in [-0.1, -0.05) is 0 Å². The third-order valence-electron chi connectivity index (χ3n) is 0.295. The molecule has 5 heavy (non-hydrogen) atoms. The van der Waals surface area contributed by atoms with Gasteiger partial charge in [0.05, 0.1) is 0 Å². The van der Waals surface area contributed by atoms with Gasteiger partial charge in [-0.25, -0.2) is 0 Å². The number of rotatable bonds is 1. The van der Waals surface area contributed by atoms with Gasteiger partial charge in [-0.05, 0) is 0 Å². The van der Waals surface area contributed by atoms with Crippen molar-refractivity contribution in [2.24, 2.45) is 0 Å². The fourth-order valence-electron chi connectivity index (χ4n) is 0. The predicted molar refractivity (Wildman–Crippen MR) is 16.5 cm³/mol. The van der Waals surface area contributed by atoms with Gasteiger partial charge in [0, 0.05) is 0 Å². The Bertz CT molecular complexity index is 20.9. The normalized spacial score (nSPS) is 14.6. The summed E-state index contributed by atoms with van der Waals surface area (Å²) in [6, 6.07) is 0. The second kappa shape index (κ2) is 2.89. The monoisotopic (exact) mass is 107 g/mol. The van der Waals surface area contributed by atoms with Crippen molar-refractivity contribution in [2.75, 3.05) is 0 Å². The van der Waals surface area contributed by atoms with Crippen molar-refractivity contribution in [3.63, 3.8) is 0 Å². The molecule has 0 saturated carbocycles. The van der Waals surface area contributed by atoms with Crippen LogP contribution in [0.4, 0.5) is 0 Å². The van der Waals surface area contributed by atoms with E-state index in [0.717, 1.165) is 4.73 Å². The van der Waals surface area contributed by atoms with E-state index in [-0.39, 0.29) is 6.10 Å². The van der Waals surface area contributed by atoms with E-state index in [9.17, 15) is 0 Å². The Balaban J connectivity index is 2.54. The molecule has 0 saturated heterocycles. The first-order chi connectivity index (χ1) is 2.27. The van der Waals surface area contributed by atoms with Crippen molar-refractivity contribution >= 4 is 0 Å². The summed E-state index contributed by atoms with van der Waals surface area (Å²) in [6.45, 7) is 1.78. The summed E-state index contributed by atoms with van der Waals surface area (Å²) in [5.74, 6) is 0. The van der Waals surface area contributed by atoms with Gasteiger partial charge < -0.3 is 0 Å². The van der Waals surface area contributed by atoms with Crippen LogP contribution >= 0.6 is 0 Å². The zero-order valence-electron chi connectivity index (χ0n) is 3.23. The SMILES string of the molecule is CC(O)[CH2][Ti]. The van der Waals surface area contributed by atoms with Gasteiger partial charge in [0.15, 0.2) is 0 Å². The fraction of sp³-hybridized carbons (Fsp3) is 1.00. The molecule has 0 heterocycles. The Hall–Kier alpha value is 0.674. The molecule has 2 heteroatoms. The van der Waals surface area contributed by atoms with Gasteiger partial charge in [0.2, 0.25) is 0 Å². The fourth-order valence-corrected chi connectivity index (χ4v) is 0. The standard InChI is InChI=1S/C3H7O.Ti/c1-3(2)4;/h3-4H,1H2,2H3;. The summed E-state index contributed by atoms with van der Waals surface area (Å²) in [7, 11) is 0. The van der Waals surface area contributed by atoms with Gasteiger partial charge in [-0.3, -0.25) is 0 Å². The summed E-state index contributed by atoms with van der Waals surface area (Å²) in [5, 5.41) is 8.36. The van der Waals surface area contributed by atoms with Crippen LogP contribution in [0.3, 0.4) is 0 Å². The van der Waals surface area contributed by atoms with Crippen LogP contribution in [0, 0.1) is 0 Å². The molecule has 0 aliphatic rings. The van der Waals surface area contributed by atoms with Crippen molar-refractivity contribution < 1.29 is 25.5 Å². The van der Waals surface area contributed by atoms with Gasteiger partial charge >= 0.3 is 43.3 Å². The summed E-state index contributed by atoms with van der Waals surface area (Å²) in [4.78, 5) is 0. The van der Waals surface area contributed by atoms with Crippen molar-refractivity contribution in [3.8, 4) is 0 Å². The van der Waals surface area contributed by atoms with Crippen LogP contribution < -0.4 is 0 Å². The summed E-state index contributed by atoms with van der Waals surface area (Å²) in [5.41, 5.74) is 0. The Morgan fingerprint density at radius 3 is 2.20 bits per heavy atom. The summed E-state index contributed by atoms with van der Waals surface area (Å²) >= 11 is 1.95. The average Bonchev–Trinajstić information content (AvgIpc) is 1.38. The van der Waals surface area contributed by atoms with E-state index >= 15 is 0 Å². The molecule has 1 atom stereocenters. The van der Waals surface area contributed by atoms with E-state index in [4.69, 9.17) is 5.11 Å². The Morgan fingerprint density at radius 2 is 2.20 bits per heavy atom. The average molecular weight is 107 g/mol. The number of hydrogen-bond acceptors (Lipinski definition) is 1. The minimum absolute atomic E-state index is 0.116. The maximum atomic E-state index is 8.36. The van der Waals surface area contributed by atoms with Gasteiger partial charge in [-0.2, -0.15) is 0 Å². The second-order valence-corrected chi connectivity index (χ2v) is 1.69. The molecule has 0 rings (SSSR count). The van der Waals surface area contributed by atoms with Crippen LogP contribution in [0.5, 0.6) is 0 Å². The van der Waals surface area contributed by atoms with Crippen LogP contribution in [0.2, 0.25) is 4.73 Å². The Labute approximate surface area is 43.8 Å². The Morgan fingerprint density at radius 1 is 2.00 bits per heavy atom. The third kappa shape index (κ3) is 4.67. The zero-order valence-corrected chi connectivity index (χ0v) is 4.79. The minimum atomic E-state index is -0.116. The number of aliphatic hydroxyl groups excluding tert-OH is 1. The first-order valence-electron chi connectivity index (χ1n) is 1.60. The van der Waals surface area contributed by atoms with Crippen LogP contribution in [-0.4, -0.2) is 11.2 Å². The van der Waals surface area contributed by atoms with E-state index in [1.54, 1.807) is 6.92 Å². The Kier molecular flexibility index (Phi) is 3.28. The van der Waals surface area contributed by atoms with Crippen molar-refractivity contribution in [2.45, 2.75) is 17.8 Å². The molecule has 1 unspecified atom stereocenters. The van der Waals surface area contributed by atoms with E-state index in [1.807, 2.05) is 20.4 Å². The van der Waals surface area contributed by atoms with Crippen LogP contribution in [0.1, 0.15) is 6.92 Å². The maximum absolute atomic E-state index is 8.36. The molecule has 0 spiro atoms. The van der Waals surface area contributed by atoms with Crippen molar-refractivity contribution in [3.05, 3.63) is 0 Å². The molecule has 29 valence electrons. The topological polar surface area (TPSA) is 20.2 Å².